The second-order valence-corrected chi connectivity index (χ2v) is 9.01. The largest absolute Gasteiger partial charge is 0.396 e. The highest BCUT2D eigenvalue weighted by Crippen LogP contribution is 2.51. The van der Waals surface area contributed by atoms with Crippen molar-refractivity contribution in [2.75, 3.05) is 6.61 Å². The lowest BCUT2D eigenvalue weighted by atomic mass is 9.60. The number of aliphatic hydroxyl groups excluding tert-OH is 2. The summed E-state index contributed by atoms with van der Waals surface area (Å²) in [4.78, 5) is 33.6. The number of oxime groups is 1. The molecule has 7 nitrogen and oxygen atoms in total. The van der Waals surface area contributed by atoms with Gasteiger partial charge in [-0.05, 0) is 31.7 Å². The van der Waals surface area contributed by atoms with E-state index in [0.29, 0.717) is 38.0 Å². The summed E-state index contributed by atoms with van der Waals surface area (Å²) in [5.74, 6) is 0.184. The Bertz CT molecular complexity index is 924. The summed E-state index contributed by atoms with van der Waals surface area (Å²) < 4.78 is 0. The molecule has 0 aromatic heterocycles. The fourth-order valence-corrected chi connectivity index (χ4v) is 5.63. The molecule has 0 bridgehead atoms. The first-order valence-corrected chi connectivity index (χ1v) is 11.4. The zero-order chi connectivity index (χ0) is 22.8. The van der Waals surface area contributed by atoms with E-state index in [1.807, 2.05) is 37.3 Å². The second kappa shape index (κ2) is 9.43. The summed E-state index contributed by atoms with van der Waals surface area (Å²) in [7, 11) is 0. The van der Waals surface area contributed by atoms with Gasteiger partial charge in [-0.15, -0.1) is 12.3 Å². The van der Waals surface area contributed by atoms with E-state index in [1.54, 1.807) is 0 Å². The van der Waals surface area contributed by atoms with E-state index in [0.717, 1.165) is 5.56 Å². The van der Waals surface area contributed by atoms with Crippen LogP contribution in [0.4, 0.5) is 0 Å². The molecule has 1 saturated heterocycles. The number of benzene rings is 1. The molecule has 3 aliphatic rings. The van der Waals surface area contributed by atoms with Crippen molar-refractivity contribution in [2.45, 2.75) is 57.3 Å². The SMILES string of the molecule is C#CCCCO/N=C1/C[C@@H](O)[C@@H](O)[C@@H]2[C@@H]3C(=O)N([C@@H](C)c4ccccc4)C(=O)[C@H]3CC[C@@H]12. The summed E-state index contributed by atoms with van der Waals surface area (Å²) in [5.41, 5.74) is 1.54. The molecule has 2 N–H and O–H groups in total. The molecule has 2 saturated carbocycles. The van der Waals surface area contributed by atoms with Crippen molar-refractivity contribution in [3.8, 4) is 12.3 Å². The average molecular weight is 439 g/mol. The van der Waals surface area contributed by atoms with Crippen LogP contribution in [0.2, 0.25) is 0 Å². The number of terminal acetylenes is 1. The maximum atomic E-state index is 13.5. The number of amides is 2. The first-order chi connectivity index (χ1) is 15.5. The van der Waals surface area contributed by atoms with E-state index in [-0.39, 0.29) is 24.2 Å². The van der Waals surface area contributed by atoms with Crippen LogP contribution in [0.25, 0.3) is 0 Å². The Morgan fingerprint density at radius 3 is 2.62 bits per heavy atom. The number of aliphatic hydroxyl groups is 2. The average Bonchev–Trinajstić information content (AvgIpc) is 3.06. The summed E-state index contributed by atoms with van der Waals surface area (Å²) in [6.07, 6.45) is 5.75. The molecular formula is C25H30N2O5. The molecule has 0 radical (unpaired) electrons. The molecule has 7 heteroatoms. The van der Waals surface area contributed by atoms with Crippen molar-refractivity contribution < 1.29 is 24.6 Å². The van der Waals surface area contributed by atoms with Crippen LogP contribution < -0.4 is 0 Å². The number of carbonyl (C=O) groups excluding carboxylic acids is 2. The lowest BCUT2D eigenvalue weighted by molar-refractivity contribution is -0.144. The number of likely N-dealkylation sites (tertiary alicyclic amines) is 1. The van der Waals surface area contributed by atoms with Crippen LogP contribution in [0.5, 0.6) is 0 Å². The number of rotatable bonds is 6. The van der Waals surface area contributed by atoms with Gasteiger partial charge in [0.25, 0.3) is 0 Å². The third-order valence-electron chi connectivity index (χ3n) is 7.22. The van der Waals surface area contributed by atoms with Gasteiger partial charge in [-0.1, -0.05) is 35.5 Å². The van der Waals surface area contributed by atoms with Crippen molar-refractivity contribution in [1.82, 2.24) is 4.90 Å². The smallest absolute Gasteiger partial charge is 0.234 e. The van der Waals surface area contributed by atoms with E-state index < -0.39 is 36.0 Å². The number of imide groups is 1. The van der Waals surface area contributed by atoms with Crippen molar-refractivity contribution in [3.63, 3.8) is 0 Å². The highest BCUT2D eigenvalue weighted by molar-refractivity contribution is 6.06. The molecule has 1 aromatic carbocycles. The Morgan fingerprint density at radius 2 is 1.91 bits per heavy atom. The monoisotopic (exact) mass is 438 g/mol. The number of hydrogen-bond donors (Lipinski definition) is 2. The minimum absolute atomic E-state index is 0.189. The molecule has 2 aliphatic carbocycles. The quantitative estimate of drug-likeness (QED) is 0.307. The van der Waals surface area contributed by atoms with Crippen molar-refractivity contribution in [1.29, 1.82) is 0 Å². The third kappa shape index (κ3) is 3.94. The predicted octanol–water partition coefficient (Wildman–Crippen LogP) is 2.29. The van der Waals surface area contributed by atoms with Crippen molar-refractivity contribution >= 4 is 17.5 Å². The molecule has 0 spiro atoms. The highest BCUT2D eigenvalue weighted by atomic mass is 16.6. The third-order valence-corrected chi connectivity index (χ3v) is 7.22. The predicted molar refractivity (Wildman–Crippen MR) is 118 cm³/mol. The number of fused-ring (bicyclic) bond motifs is 3. The molecule has 1 heterocycles. The van der Waals surface area contributed by atoms with Gasteiger partial charge in [0.2, 0.25) is 11.8 Å². The van der Waals surface area contributed by atoms with Crippen LogP contribution in [-0.4, -0.2) is 51.5 Å². The van der Waals surface area contributed by atoms with Crippen LogP contribution in [0, 0.1) is 36.0 Å². The van der Waals surface area contributed by atoms with Crippen LogP contribution in [-0.2, 0) is 14.4 Å². The summed E-state index contributed by atoms with van der Waals surface area (Å²) in [6, 6.07) is 9.07. The molecule has 170 valence electrons. The van der Waals surface area contributed by atoms with Crippen LogP contribution in [0.3, 0.4) is 0 Å². The lowest BCUT2D eigenvalue weighted by Gasteiger charge is -2.45. The van der Waals surface area contributed by atoms with E-state index in [2.05, 4.69) is 11.1 Å². The van der Waals surface area contributed by atoms with Gasteiger partial charge in [-0.25, -0.2) is 0 Å². The molecule has 1 aromatic rings. The fraction of sp³-hybridized carbons (Fsp3) is 0.560. The molecular weight excluding hydrogens is 408 g/mol. The van der Waals surface area contributed by atoms with Crippen LogP contribution >= 0.6 is 0 Å². The summed E-state index contributed by atoms with van der Waals surface area (Å²) in [5, 5.41) is 25.7. The summed E-state index contributed by atoms with van der Waals surface area (Å²) >= 11 is 0. The molecule has 0 unspecified atom stereocenters. The van der Waals surface area contributed by atoms with Gasteiger partial charge in [0.1, 0.15) is 6.61 Å². The van der Waals surface area contributed by atoms with E-state index in [4.69, 9.17) is 11.3 Å². The Hall–Kier alpha value is -2.69. The zero-order valence-corrected chi connectivity index (χ0v) is 18.3. The van der Waals surface area contributed by atoms with Crippen LogP contribution in [0.1, 0.15) is 50.6 Å². The molecule has 1 aliphatic heterocycles. The minimum Gasteiger partial charge on any atom is -0.396 e. The number of hydrogen-bond acceptors (Lipinski definition) is 6. The normalized spacial score (nSPS) is 34.1. The number of nitrogens with zero attached hydrogens (tertiary/aromatic N) is 2. The Labute approximate surface area is 188 Å². The van der Waals surface area contributed by atoms with Gasteiger partial charge < -0.3 is 15.1 Å². The molecule has 2 amide bonds. The van der Waals surface area contributed by atoms with Gasteiger partial charge in [-0.2, -0.15) is 0 Å². The Kier molecular flexibility index (Phi) is 6.63. The van der Waals surface area contributed by atoms with Gasteiger partial charge in [-0.3, -0.25) is 14.5 Å². The van der Waals surface area contributed by atoms with Gasteiger partial charge in [0.15, 0.2) is 0 Å². The summed E-state index contributed by atoms with van der Waals surface area (Å²) in [6.45, 7) is 2.22. The van der Waals surface area contributed by atoms with Crippen LogP contribution in [0.15, 0.2) is 35.5 Å². The first-order valence-electron chi connectivity index (χ1n) is 11.4. The second-order valence-electron chi connectivity index (χ2n) is 9.01. The Balaban J connectivity index is 1.58. The van der Waals surface area contributed by atoms with E-state index in [1.165, 1.54) is 4.90 Å². The van der Waals surface area contributed by atoms with Gasteiger partial charge in [0.05, 0.1) is 35.8 Å². The highest BCUT2D eigenvalue weighted by Gasteiger charge is 2.60. The zero-order valence-electron chi connectivity index (χ0n) is 18.3. The molecule has 7 atom stereocenters. The topological polar surface area (TPSA) is 99.4 Å². The Morgan fingerprint density at radius 1 is 1.19 bits per heavy atom. The number of carbonyl (C=O) groups is 2. The van der Waals surface area contributed by atoms with Crippen molar-refractivity contribution in [2.24, 2.45) is 28.8 Å². The maximum absolute atomic E-state index is 13.5. The molecule has 32 heavy (non-hydrogen) atoms. The number of unbranched alkanes of at least 4 members (excludes halogenated alkanes) is 1. The fourth-order valence-electron chi connectivity index (χ4n) is 5.63. The molecule has 4 rings (SSSR count). The van der Waals surface area contributed by atoms with Gasteiger partial charge >= 0.3 is 0 Å². The maximum Gasteiger partial charge on any atom is 0.234 e. The lowest BCUT2D eigenvalue weighted by Crippen LogP contribution is -2.54. The molecule has 3 fully saturated rings. The first kappa shape index (κ1) is 22.5. The van der Waals surface area contributed by atoms with Crippen molar-refractivity contribution in [3.05, 3.63) is 35.9 Å². The van der Waals surface area contributed by atoms with E-state index in [9.17, 15) is 19.8 Å². The standard InChI is InChI=1S/C25H30N2O5/c1-3-4-8-13-32-26-19-14-20(28)23(29)21-17(19)11-12-18-22(21)25(31)27(24(18)30)15(2)16-9-6-5-7-10-16/h1,5-7,9-10,15,17-18,20-23,28-29H,4,8,11-14H2,2H3/b26-19-/t15-,17-,18-,20+,21-,22+,23+/m0/s1. The minimum atomic E-state index is -1.09. The van der Waals surface area contributed by atoms with E-state index >= 15 is 0 Å². The van der Waals surface area contributed by atoms with Gasteiger partial charge in [0, 0.05) is 24.7 Å².